The minimum absolute atomic E-state index is 0.214. The lowest BCUT2D eigenvalue weighted by molar-refractivity contribution is -0.0240. The van der Waals surface area contributed by atoms with Crippen LogP contribution in [0.5, 0.6) is 11.5 Å². The van der Waals surface area contributed by atoms with Crippen molar-refractivity contribution in [1.82, 2.24) is 9.97 Å². The largest absolute Gasteiger partial charge is 0.493 e. The average Bonchev–Trinajstić information content (AvgIpc) is 3.06. The molecule has 1 aromatic heterocycles. The predicted octanol–water partition coefficient (Wildman–Crippen LogP) is 2.14. The van der Waals surface area contributed by atoms with Gasteiger partial charge in [-0.2, -0.15) is 0 Å². The van der Waals surface area contributed by atoms with E-state index in [1.807, 2.05) is 30.3 Å². The number of aromatic nitrogens is 2. The van der Waals surface area contributed by atoms with Crippen molar-refractivity contribution in [2.24, 2.45) is 11.8 Å². The van der Waals surface area contributed by atoms with Crippen LogP contribution in [0.25, 0.3) is 0 Å². The lowest BCUT2D eigenvalue weighted by atomic mass is 9.78. The Labute approximate surface area is 147 Å². The molecule has 6 nitrogen and oxygen atoms in total. The maximum Gasteiger partial charge on any atom is 0.225 e. The minimum atomic E-state index is -0.470. The molecule has 1 saturated heterocycles. The number of ether oxygens (including phenoxy) is 2. The third-order valence-corrected chi connectivity index (χ3v) is 5.27. The quantitative estimate of drug-likeness (QED) is 0.919. The Kier molecular flexibility index (Phi) is 4.44. The average molecular weight is 341 g/mol. The first-order chi connectivity index (χ1) is 12.2. The molecule has 4 rings (SSSR count). The van der Waals surface area contributed by atoms with Gasteiger partial charge in [-0.1, -0.05) is 12.1 Å². The van der Waals surface area contributed by atoms with Crippen molar-refractivity contribution in [1.29, 1.82) is 0 Å². The Morgan fingerprint density at radius 2 is 1.68 bits per heavy atom. The number of para-hydroxylation sites is 2. The molecule has 25 heavy (non-hydrogen) atoms. The highest BCUT2D eigenvalue weighted by Gasteiger charge is 2.43. The molecule has 0 amide bonds. The molecule has 6 heteroatoms. The molecule has 2 fully saturated rings. The molecular formula is C19H23N3O3. The van der Waals surface area contributed by atoms with Gasteiger partial charge in [-0.25, -0.2) is 9.97 Å². The summed E-state index contributed by atoms with van der Waals surface area (Å²) in [4.78, 5) is 10.9. The second kappa shape index (κ2) is 6.88. The molecule has 1 saturated carbocycles. The number of anilines is 1. The van der Waals surface area contributed by atoms with Gasteiger partial charge in [0, 0.05) is 25.5 Å². The van der Waals surface area contributed by atoms with Crippen LogP contribution >= 0.6 is 0 Å². The summed E-state index contributed by atoms with van der Waals surface area (Å²) in [5.74, 6) is 3.09. The van der Waals surface area contributed by atoms with Crippen LogP contribution in [0.4, 0.5) is 5.95 Å². The van der Waals surface area contributed by atoms with Crippen molar-refractivity contribution in [2.45, 2.75) is 25.0 Å². The van der Waals surface area contributed by atoms with E-state index in [-0.39, 0.29) is 6.10 Å². The Balaban J connectivity index is 1.46. The van der Waals surface area contributed by atoms with Gasteiger partial charge in [-0.15, -0.1) is 0 Å². The molecule has 1 aromatic carbocycles. The summed E-state index contributed by atoms with van der Waals surface area (Å²) in [7, 11) is 1.63. The molecule has 1 N–H and O–H groups in total. The molecule has 0 unspecified atom stereocenters. The summed E-state index contributed by atoms with van der Waals surface area (Å²) in [6, 6.07) is 9.41. The van der Waals surface area contributed by atoms with Gasteiger partial charge in [0.1, 0.15) is 6.10 Å². The van der Waals surface area contributed by atoms with E-state index in [9.17, 15) is 5.11 Å². The van der Waals surface area contributed by atoms with Crippen molar-refractivity contribution in [3.05, 3.63) is 42.7 Å². The van der Waals surface area contributed by atoms with Gasteiger partial charge >= 0.3 is 0 Å². The van der Waals surface area contributed by atoms with E-state index < -0.39 is 6.10 Å². The molecule has 1 aliphatic carbocycles. The summed E-state index contributed by atoms with van der Waals surface area (Å²) in [5, 5.41) is 10.6. The fraction of sp³-hybridized carbons (Fsp3) is 0.474. The highest BCUT2D eigenvalue weighted by molar-refractivity contribution is 5.39. The van der Waals surface area contributed by atoms with E-state index in [2.05, 4.69) is 14.9 Å². The van der Waals surface area contributed by atoms with Gasteiger partial charge in [0.2, 0.25) is 5.95 Å². The van der Waals surface area contributed by atoms with E-state index >= 15 is 0 Å². The third kappa shape index (κ3) is 3.26. The molecule has 2 heterocycles. The highest BCUT2D eigenvalue weighted by Crippen LogP contribution is 2.39. The summed E-state index contributed by atoms with van der Waals surface area (Å²) < 4.78 is 11.5. The Bertz CT molecular complexity index is 712. The van der Waals surface area contributed by atoms with Crippen LogP contribution in [0.1, 0.15) is 12.8 Å². The molecular weight excluding hydrogens is 318 g/mol. The molecule has 2 aromatic rings. The van der Waals surface area contributed by atoms with Gasteiger partial charge in [0.25, 0.3) is 0 Å². The lowest BCUT2D eigenvalue weighted by Crippen LogP contribution is -2.42. The number of methoxy groups -OCH3 is 1. The molecule has 1 aliphatic heterocycles. The first-order valence-corrected chi connectivity index (χ1v) is 8.74. The van der Waals surface area contributed by atoms with E-state index in [1.54, 1.807) is 19.5 Å². The van der Waals surface area contributed by atoms with Gasteiger partial charge < -0.3 is 19.5 Å². The van der Waals surface area contributed by atoms with Crippen molar-refractivity contribution in [3.63, 3.8) is 0 Å². The van der Waals surface area contributed by atoms with E-state index in [4.69, 9.17) is 9.47 Å². The number of benzene rings is 1. The predicted molar refractivity (Wildman–Crippen MR) is 93.9 cm³/mol. The smallest absolute Gasteiger partial charge is 0.225 e. The molecule has 4 atom stereocenters. The van der Waals surface area contributed by atoms with Crippen LogP contribution in [0.15, 0.2) is 42.7 Å². The van der Waals surface area contributed by atoms with Crippen molar-refractivity contribution in [3.8, 4) is 11.5 Å². The summed E-state index contributed by atoms with van der Waals surface area (Å²) in [6.45, 7) is 1.81. The normalized spacial score (nSPS) is 28.5. The number of aliphatic hydroxyl groups excluding tert-OH is 1. The van der Waals surface area contributed by atoms with Gasteiger partial charge in [0.05, 0.1) is 13.2 Å². The van der Waals surface area contributed by atoms with Crippen LogP contribution in [0, 0.1) is 11.8 Å². The fourth-order valence-electron chi connectivity index (χ4n) is 4.01. The van der Waals surface area contributed by atoms with Crippen LogP contribution in [0.2, 0.25) is 0 Å². The van der Waals surface area contributed by atoms with Crippen LogP contribution in [-0.2, 0) is 0 Å². The Hall–Kier alpha value is -2.34. The Morgan fingerprint density at radius 1 is 1.00 bits per heavy atom. The zero-order valence-electron chi connectivity index (χ0n) is 14.3. The maximum atomic E-state index is 10.6. The van der Waals surface area contributed by atoms with Crippen molar-refractivity contribution in [2.75, 3.05) is 25.1 Å². The van der Waals surface area contributed by atoms with Gasteiger partial charge in [0.15, 0.2) is 11.5 Å². The second-order valence-electron chi connectivity index (χ2n) is 6.82. The zero-order valence-corrected chi connectivity index (χ0v) is 14.3. The molecule has 0 spiro atoms. The van der Waals surface area contributed by atoms with Gasteiger partial charge in [-0.3, -0.25) is 0 Å². The van der Waals surface area contributed by atoms with E-state index in [1.165, 1.54) is 0 Å². The molecule has 132 valence electrons. The zero-order chi connectivity index (χ0) is 17.2. The number of rotatable bonds is 4. The van der Waals surface area contributed by atoms with Crippen LogP contribution in [-0.4, -0.2) is 47.5 Å². The topological polar surface area (TPSA) is 67.7 Å². The maximum absolute atomic E-state index is 10.6. The number of fused-ring (bicyclic) bond motifs is 1. The van der Waals surface area contributed by atoms with Crippen LogP contribution in [0.3, 0.4) is 0 Å². The molecule has 0 radical (unpaired) electrons. The Morgan fingerprint density at radius 3 is 2.40 bits per heavy atom. The second-order valence-corrected chi connectivity index (χ2v) is 6.82. The SMILES string of the molecule is COc1ccccc1O[C@@H]1C[C@@H]2CN(c3ncccn3)C[C@@H]2C[C@H]1O. The third-order valence-electron chi connectivity index (χ3n) is 5.27. The molecule has 0 bridgehead atoms. The van der Waals surface area contributed by atoms with Crippen LogP contribution < -0.4 is 14.4 Å². The fourth-order valence-corrected chi connectivity index (χ4v) is 4.01. The number of hydrogen-bond donors (Lipinski definition) is 1. The first kappa shape index (κ1) is 16.1. The van der Waals surface area contributed by atoms with Crippen molar-refractivity contribution >= 4 is 5.95 Å². The molecule has 2 aliphatic rings. The summed E-state index contributed by atoms with van der Waals surface area (Å²) in [5.41, 5.74) is 0. The standard InChI is InChI=1S/C19H23N3O3/c1-24-16-5-2-3-6-17(16)25-18-10-14-12-22(11-13(14)9-15(18)23)19-20-7-4-8-21-19/h2-8,13-15,18,23H,9-12H2,1H3/t13-,14+,15+,18+/m0/s1. The summed E-state index contributed by atoms with van der Waals surface area (Å²) >= 11 is 0. The minimum Gasteiger partial charge on any atom is -0.493 e. The number of aliphatic hydroxyl groups is 1. The van der Waals surface area contributed by atoms with E-state index in [0.29, 0.717) is 23.3 Å². The first-order valence-electron chi connectivity index (χ1n) is 8.74. The number of nitrogens with zero attached hydrogens (tertiary/aromatic N) is 3. The van der Waals surface area contributed by atoms with Crippen molar-refractivity contribution < 1.29 is 14.6 Å². The number of hydrogen-bond acceptors (Lipinski definition) is 6. The van der Waals surface area contributed by atoms with E-state index in [0.717, 1.165) is 31.9 Å². The monoisotopic (exact) mass is 341 g/mol. The van der Waals surface area contributed by atoms with Gasteiger partial charge in [-0.05, 0) is 42.9 Å². The summed E-state index contributed by atoms with van der Waals surface area (Å²) in [6.07, 6.45) is 4.43. The highest BCUT2D eigenvalue weighted by atomic mass is 16.5. The lowest BCUT2D eigenvalue weighted by Gasteiger charge is -2.35.